The Kier molecular flexibility index (Phi) is 10.8. The van der Waals surface area contributed by atoms with Gasteiger partial charge in [-0.2, -0.15) is 0 Å². The smallest absolute Gasteiger partial charge is 0.496 e. The number of rotatable bonds is 5. The first-order chi connectivity index (χ1) is 5.22. The summed E-state index contributed by atoms with van der Waals surface area (Å²) in [6.07, 6.45) is 2.46. The highest BCUT2D eigenvalue weighted by Crippen LogP contribution is 1.98. The maximum absolute atomic E-state index is 10.7. The molecule has 12 heavy (non-hydrogen) atoms. The molecule has 6 N–H and O–H groups in total. The van der Waals surface area contributed by atoms with Crippen molar-refractivity contribution in [2.24, 2.45) is 11.5 Å². The van der Waals surface area contributed by atoms with Crippen LogP contribution in [0.15, 0.2) is 0 Å². The zero-order chi connectivity index (χ0) is 8.69. The van der Waals surface area contributed by atoms with Gasteiger partial charge in [-0.25, -0.2) is 0 Å². The highest BCUT2D eigenvalue weighted by Gasteiger charge is 2.10. The second kappa shape index (κ2) is 8.97. The van der Waals surface area contributed by atoms with Gasteiger partial charge in [0.2, 0.25) is 0 Å². The number of carbonyl (C=O) groups is 1. The Morgan fingerprint density at radius 1 is 1.50 bits per heavy atom. The van der Waals surface area contributed by atoms with Crippen LogP contribution in [-0.4, -0.2) is 40.7 Å². The fraction of sp³-hybridized carbons (Fsp3) is 0.833. The molecule has 0 heterocycles. The molecule has 0 aliphatic heterocycles. The largest absolute Gasteiger partial charge is 0.623 e. The molecule has 0 unspecified atom stereocenters. The molecule has 0 aromatic carbocycles. The Bertz CT molecular complexity index is 123. The lowest BCUT2D eigenvalue weighted by molar-refractivity contribution is -0.135. The van der Waals surface area contributed by atoms with Crippen LogP contribution in [-0.2, 0) is 8.58 Å². The molecule has 71 valence electrons. The molecule has 0 aromatic heterocycles. The molecule has 1 radical (unpaired) electrons. The number of hydrogen-bond acceptors (Lipinski definition) is 4. The molecule has 0 rings (SSSR count). The van der Waals surface area contributed by atoms with Crippen molar-refractivity contribution in [1.82, 2.24) is 0 Å². The number of carbonyl (C=O) groups excluding carboxylic acids is 1. The first-order valence-electron chi connectivity index (χ1n) is 3.64. The van der Waals surface area contributed by atoms with E-state index < -0.39 is 6.04 Å². The van der Waals surface area contributed by atoms with Gasteiger partial charge in [0.05, 0.1) is 6.04 Å². The predicted molar refractivity (Wildman–Crippen MR) is 47.7 cm³/mol. The van der Waals surface area contributed by atoms with Gasteiger partial charge in [0.1, 0.15) is 0 Å². The van der Waals surface area contributed by atoms with E-state index in [1.165, 1.54) is 0 Å². The zero-order valence-electron chi connectivity index (χ0n) is 7.08. The molecule has 0 amide bonds. The van der Waals surface area contributed by atoms with Crippen LogP contribution in [0.1, 0.15) is 19.3 Å². The Hall–Kier alpha value is -0.118. The maximum Gasteiger partial charge on any atom is 0.496 e. The Morgan fingerprint density at radius 3 is 2.50 bits per heavy atom. The van der Waals surface area contributed by atoms with Crippen molar-refractivity contribution >= 4 is 22.6 Å². The molecule has 1 atom stereocenters. The van der Waals surface area contributed by atoms with E-state index in [9.17, 15) is 4.79 Å². The third kappa shape index (κ3) is 6.58. The van der Waals surface area contributed by atoms with Crippen LogP contribution < -0.4 is 11.5 Å². The molecule has 0 aliphatic rings. The van der Waals surface area contributed by atoms with Crippen LogP contribution in [0.25, 0.3) is 0 Å². The Labute approximate surface area is 80.5 Å². The zero-order valence-corrected chi connectivity index (χ0v) is 8.50. The van der Waals surface area contributed by atoms with E-state index >= 15 is 0 Å². The molecule has 6 heteroatoms. The van der Waals surface area contributed by atoms with Gasteiger partial charge < -0.3 is 20.7 Å². The lowest BCUT2D eigenvalue weighted by Crippen LogP contribution is -2.31. The van der Waals surface area contributed by atoms with Crippen molar-refractivity contribution in [3.05, 3.63) is 0 Å². The van der Waals surface area contributed by atoms with E-state index in [0.717, 1.165) is 29.5 Å². The SMILES string of the molecule is NCCCC[C@H](N)C(=O)[O][AlH].O. The Balaban J connectivity index is 0. The van der Waals surface area contributed by atoms with E-state index in [0.29, 0.717) is 13.0 Å². The van der Waals surface area contributed by atoms with E-state index in [-0.39, 0.29) is 11.4 Å². The summed E-state index contributed by atoms with van der Waals surface area (Å²) in [4.78, 5) is 10.7. The average molecular weight is 191 g/mol. The van der Waals surface area contributed by atoms with Crippen LogP contribution in [0.5, 0.6) is 0 Å². The summed E-state index contributed by atoms with van der Waals surface area (Å²) in [5, 5.41) is 0. The second-order valence-electron chi connectivity index (χ2n) is 2.35. The van der Waals surface area contributed by atoms with Crippen LogP contribution >= 0.6 is 0 Å². The summed E-state index contributed by atoms with van der Waals surface area (Å²) in [5.41, 5.74) is 10.7. The van der Waals surface area contributed by atoms with Gasteiger partial charge in [0.25, 0.3) is 5.97 Å². The highest BCUT2D eigenvalue weighted by atomic mass is 27.1. The minimum atomic E-state index is -0.473. The normalized spacial score (nSPS) is 11.5. The van der Waals surface area contributed by atoms with Crippen molar-refractivity contribution in [3.8, 4) is 0 Å². The summed E-state index contributed by atoms with van der Waals surface area (Å²) in [6, 6.07) is -0.473. The van der Waals surface area contributed by atoms with Crippen molar-refractivity contribution in [3.63, 3.8) is 0 Å². The van der Waals surface area contributed by atoms with Crippen molar-refractivity contribution in [1.29, 1.82) is 0 Å². The first kappa shape index (κ1) is 14.4. The molecule has 0 bridgehead atoms. The fourth-order valence-electron chi connectivity index (χ4n) is 0.733. The molecule has 0 saturated heterocycles. The van der Waals surface area contributed by atoms with Crippen molar-refractivity contribution in [2.45, 2.75) is 25.3 Å². The third-order valence-corrected chi connectivity index (χ3v) is 1.70. The highest BCUT2D eigenvalue weighted by molar-refractivity contribution is 6.06. The lowest BCUT2D eigenvalue weighted by atomic mass is 10.1. The van der Waals surface area contributed by atoms with Gasteiger partial charge in [0, 0.05) is 0 Å². The van der Waals surface area contributed by atoms with Crippen LogP contribution in [0.3, 0.4) is 0 Å². The predicted octanol–water partition coefficient (Wildman–Crippen LogP) is -2.02. The molecular weight excluding hydrogens is 175 g/mol. The summed E-state index contributed by atoms with van der Waals surface area (Å²) < 4.78 is 4.48. The standard InChI is InChI=1S/C6H14N2O2.Al.H2O.H/c7-4-2-1-3-5(8)6(9)10;;;/h5H,1-4,7-8H2,(H,9,10);;1H2;/q;+1;;/p-1/t5-;;;/m0.../s1. The van der Waals surface area contributed by atoms with Gasteiger partial charge in [0.15, 0.2) is 0 Å². The average Bonchev–Trinajstić information content (AvgIpc) is 2.03. The maximum atomic E-state index is 10.7. The van der Waals surface area contributed by atoms with Crippen LogP contribution in [0.4, 0.5) is 0 Å². The molecule has 0 spiro atoms. The van der Waals surface area contributed by atoms with Crippen molar-refractivity contribution in [2.75, 3.05) is 6.54 Å². The minimum Gasteiger partial charge on any atom is -0.623 e. The van der Waals surface area contributed by atoms with Gasteiger partial charge >= 0.3 is 16.6 Å². The topological polar surface area (TPSA) is 110 Å². The molecule has 5 nitrogen and oxygen atoms in total. The van der Waals surface area contributed by atoms with E-state index in [4.69, 9.17) is 11.5 Å². The molecule has 0 aromatic rings. The quantitative estimate of drug-likeness (QED) is 0.386. The van der Waals surface area contributed by atoms with Crippen LogP contribution in [0.2, 0.25) is 0 Å². The fourth-order valence-corrected chi connectivity index (χ4v) is 0.948. The van der Waals surface area contributed by atoms with E-state index in [1.54, 1.807) is 0 Å². The summed E-state index contributed by atoms with van der Waals surface area (Å²) in [5.74, 6) is -0.333. The first-order valence-corrected chi connectivity index (χ1v) is 4.21. The van der Waals surface area contributed by atoms with Gasteiger partial charge in [-0.05, 0) is 19.4 Å². The number of hydrogen-bond donors (Lipinski definition) is 2. The van der Waals surface area contributed by atoms with Crippen molar-refractivity contribution < 1.29 is 14.1 Å². The number of nitrogens with two attached hydrogens (primary N) is 2. The molecule has 0 fully saturated rings. The van der Waals surface area contributed by atoms with E-state index in [2.05, 4.69) is 3.79 Å². The number of unbranched alkanes of at least 4 members (excludes halogenated alkanes) is 1. The third-order valence-electron chi connectivity index (χ3n) is 1.41. The summed E-state index contributed by atoms with van der Waals surface area (Å²) >= 11 is 1.16. The minimum absolute atomic E-state index is 0. The second-order valence-corrected chi connectivity index (χ2v) is 2.64. The summed E-state index contributed by atoms with van der Waals surface area (Å²) in [7, 11) is 0. The summed E-state index contributed by atoms with van der Waals surface area (Å²) in [6.45, 7) is 0.648. The van der Waals surface area contributed by atoms with Crippen LogP contribution in [0, 0.1) is 0 Å². The molecule has 0 saturated carbocycles. The lowest BCUT2D eigenvalue weighted by Gasteiger charge is -2.09. The molecule has 0 aliphatic carbocycles. The van der Waals surface area contributed by atoms with Gasteiger partial charge in [-0.15, -0.1) is 0 Å². The van der Waals surface area contributed by atoms with Gasteiger partial charge in [-0.1, -0.05) is 6.42 Å². The van der Waals surface area contributed by atoms with Gasteiger partial charge in [-0.3, -0.25) is 4.79 Å². The Morgan fingerprint density at radius 2 is 2.08 bits per heavy atom. The van der Waals surface area contributed by atoms with E-state index in [1.807, 2.05) is 0 Å². The molecular formula is C6H16AlN2O3. The monoisotopic (exact) mass is 191 g/mol.